The average molecular weight is 399 g/mol. The van der Waals surface area contributed by atoms with Gasteiger partial charge in [-0.15, -0.1) is 0 Å². The summed E-state index contributed by atoms with van der Waals surface area (Å²) in [6.45, 7) is 1.41. The monoisotopic (exact) mass is 399 g/mol. The van der Waals surface area contributed by atoms with Gasteiger partial charge in [0.25, 0.3) is 5.91 Å². The number of pyridine rings is 1. The quantitative estimate of drug-likeness (QED) is 0.632. The molecule has 3 rings (SSSR count). The first-order valence-corrected chi connectivity index (χ1v) is 9.79. The summed E-state index contributed by atoms with van der Waals surface area (Å²) in [7, 11) is -3.90. The molecule has 1 amide bonds. The van der Waals surface area contributed by atoms with Crippen LogP contribution in [0.3, 0.4) is 0 Å². The molecule has 0 spiro atoms. The third-order valence-electron chi connectivity index (χ3n) is 3.94. The lowest BCUT2D eigenvalue weighted by Crippen LogP contribution is -2.30. The minimum Gasteiger partial charge on any atom is -0.449 e. The summed E-state index contributed by atoms with van der Waals surface area (Å²) >= 11 is 0. The van der Waals surface area contributed by atoms with Gasteiger partial charge in [-0.1, -0.05) is 24.3 Å². The number of nitrogens with two attached hydrogens (primary N) is 1. The highest BCUT2D eigenvalue weighted by atomic mass is 32.2. The maximum Gasteiger partial charge on any atom is 0.341 e. The van der Waals surface area contributed by atoms with Gasteiger partial charge in [-0.25, -0.2) is 18.4 Å². The van der Waals surface area contributed by atoms with Crippen molar-refractivity contribution in [2.24, 2.45) is 5.14 Å². The van der Waals surface area contributed by atoms with E-state index >= 15 is 0 Å². The summed E-state index contributed by atoms with van der Waals surface area (Å²) in [4.78, 5) is 28.8. The van der Waals surface area contributed by atoms with E-state index in [0.717, 1.165) is 5.39 Å². The van der Waals surface area contributed by atoms with Crippen molar-refractivity contribution in [2.75, 3.05) is 5.32 Å². The number of rotatable bonds is 5. The summed E-state index contributed by atoms with van der Waals surface area (Å²) in [6.07, 6.45) is 0.442. The van der Waals surface area contributed by atoms with E-state index in [-0.39, 0.29) is 16.1 Å². The number of sulfonamides is 1. The van der Waals surface area contributed by atoms with E-state index in [1.165, 1.54) is 31.2 Å². The number of para-hydroxylation sites is 1. The van der Waals surface area contributed by atoms with E-state index in [4.69, 9.17) is 9.88 Å². The largest absolute Gasteiger partial charge is 0.449 e. The SMILES string of the molecule is C[C@@H](OC(=O)c1cccc2cccnc12)C(=O)Nc1cccc(S(N)(=O)=O)c1. The molecular formula is C19H17N3O5S. The molecular weight excluding hydrogens is 382 g/mol. The molecule has 0 saturated heterocycles. The smallest absolute Gasteiger partial charge is 0.341 e. The molecule has 8 nitrogen and oxygen atoms in total. The number of ether oxygens (including phenoxy) is 1. The molecule has 9 heteroatoms. The Morgan fingerprint density at radius 3 is 2.57 bits per heavy atom. The summed E-state index contributed by atoms with van der Waals surface area (Å²) in [6, 6.07) is 14.1. The van der Waals surface area contributed by atoms with E-state index < -0.39 is 28.0 Å². The topological polar surface area (TPSA) is 128 Å². The second kappa shape index (κ2) is 7.75. The van der Waals surface area contributed by atoms with Gasteiger partial charge in [0, 0.05) is 17.3 Å². The molecule has 3 N–H and O–H groups in total. The number of esters is 1. The zero-order chi connectivity index (χ0) is 20.3. The Morgan fingerprint density at radius 2 is 1.82 bits per heavy atom. The molecule has 0 fully saturated rings. The predicted octanol–water partition coefficient (Wildman–Crippen LogP) is 2.07. The Balaban J connectivity index is 1.73. The third-order valence-corrected chi connectivity index (χ3v) is 4.85. The normalized spacial score (nSPS) is 12.4. The first kappa shape index (κ1) is 19.5. The Bertz CT molecular complexity index is 1160. The number of amides is 1. The molecule has 0 bridgehead atoms. The number of nitrogens with one attached hydrogen (secondary N) is 1. The van der Waals surface area contributed by atoms with Crippen molar-refractivity contribution in [2.45, 2.75) is 17.9 Å². The standard InChI is InChI=1S/C19H17N3O5S/c1-12(18(23)22-14-7-3-8-15(11-14)28(20,25)26)27-19(24)16-9-2-5-13-6-4-10-21-17(13)16/h2-12H,1H3,(H,22,23)(H2,20,25,26)/t12-/m1/s1. The zero-order valence-corrected chi connectivity index (χ0v) is 15.6. The first-order valence-electron chi connectivity index (χ1n) is 8.24. The molecule has 1 aromatic heterocycles. The fourth-order valence-corrected chi connectivity index (χ4v) is 3.10. The lowest BCUT2D eigenvalue weighted by molar-refractivity contribution is -0.123. The van der Waals surface area contributed by atoms with E-state index in [1.807, 2.05) is 12.1 Å². The maximum atomic E-state index is 12.5. The number of aromatic nitrogens is 1. The molecule has 0 aliphatic heterocycles. The van der Waals surface area contributed by atoms with Crippen molar-refractivity contribution >= 4 is 38.5 Å². The second-order valence-electron chi connectivity index (χ2n) is 5.99. The van der Waals surface area contributed by atoms with E-state index in [9.17, 15) is 18.0 Å². The Kier molecular flexibility index (Phi) is 5.39. The number of hydrogen-bond donors (Lipinski definition) is 2. The van der Waals surface area contributed by atoms with Crippen LogP contribution in [0.5, 0.6) is 0 Å². The molecule has 0 unspecified atom stereocenters. The van der Waals surface area contributed by atoms with Crippen LogP contribution in [0.1, 0.15) is 17.3 Å². The highest BCUT2D eigenvalue weighted by molar-refractivity contribution is 7.89. The van der Waals surface area contributed by atoms with Crippen LogP contribution in [-0.4, -0.2) is 31.4 Å². The minimum absolute atomic E-state index is 0.142. The van der Waals surface area contributed by atoms with Crippen molar-refractivity contribution in [3.8, 4) is 0 Å². The Labute approximate surface area is 161 Å². The van der Waals surface area contributed by atoms with Crippen LogP contribution in [0.15, 0.2) is 65.7 Å². The lowest BCUT2D eigenvalue weighted by Gasteiger charge is -2.14. The number of anilines is 1. The molecule has 1 atom stereocenters. The number of benzene rings is 2. The van der Waals surface area contributed by atoms with Crippen LogP contribution in [0.4, 0.5) is 5.69 Å². The van der Waals surface area contributed by atoms with Crippen molar-refractivity contribution < 1.29 is 22.7 Å². The van der Waals surface area contributed by atoms with Gasteiger partial charge in [-0.2, -0.15) is 0 Å². The van der Waals surface area contributed by atoms with Gasteiger partial charge in [-0.05, 0) is 37.3 Å². The van der Waals surface area contributed by atoms with E-state index in [1.54, 1.807) is 24.4 Å². The predicted molar refractivity (Wildman–Crippen MR) is 103 cm³/mol. The van der Waals surface area contributed by atoms with Crippen molar-refractivity contribution in [1.82, 2.24) is 4.98 Å². The fourth-order valence-electron chi connectivity index (χ4n) is 2.54. The van der Waals surface area contributed by atoms with Crippen LogP contribution in [0, 0.1) is 0 Å². The van der Waals surface area contributed by atoms with Crippen LogP contribution < -0.4 is 10.5 Å². The van der Waals surface area contributed by atoms with Crippen molar-refractivity contribution in [3.63, 3.8) is 0 Å². The number of primary sulfonamides is 1. The molecule has 0 radical (unpaired) electrons. The highest BCUT2D eigenvalue weighted by Gasteiger charge is 2.21. The minimum atomic E-state index is -3.90. The number of fused-ring (bicyclic) bond motifs is 1. The molecule has 3 aromatic rings. The third kappa shape index (κ3) is 4.33. The summed E-state index contributed by atoms with van der Waals surface area (Å²) < 4.78 is 28.1. The van der Waals surface area contributed by atoms with Crippen LogP contribution in [0.25, 0.3) is 10.9 Å². The summed E-state index contributed by atoms with van der Waals surface area (Å²) in [5, 5.41) is 8.34. The molecule has 144 valence electrons. The first-order chi connectivity index (χ1) is 13.3. The fraction of sp³-hybridized carbons (Fsp3) is 0.105. The molecule has 2 aromatic carbocycles. The van der Waals surface area contributed by atoms with Gasteiger partial charge in [0.2, 0.25) is 10.0 Å². The average Bonchev–Trinajstić information content (AvgIpc) is 2.67. The van der Waals surface area contributed by atoms with Gasteiger partial charge in [-0.3, -0.25) is 9.78 Å². The maximum absolute atomic E-state index is 12.5. The zero-order valence-electron chi connectivity index (χ0n) is 14.8. The summed E-state index contributed by atoms with van der Waals surface area (Å²) in [5.41, 5.74) is 0.934. The van der Waals surface area contributed by atoms with E-state index in [0.29, 0.717) is 5.52 Å². The molecule has 0 aliphatic rings. The van der Waals surface area contributed by atoms with Gasteiger partial charge >= 0.3 is 5.97 Å². The van der Waals surface area contributed by atoms with Gasteiger partial charge < -0.3 is 10.1 Å². The molecule has 28 heavy (non-hydrogen) atoms. The summed E-state index contributed by atoms with van der Waals surface area (Å²) in [5.74, 6) is -1.31. The van der Waals surface area contributed by atoms with Gasteiger partial charge in [0.15, 0.2) is 6.10 Å². The van der Waals surface area contributed by atoms with Gasteiger partial charge in [0.05, 0.1) is 16.0 Å². The number of hydrogen-bond acceptors (Lipinski definition) is 6. The van der Waals surface area contributed by atoms with E-state index in [2.05, 4.69) is 10.3 Å². The molecule has 0 aliphatic carbocycles. The van der Waals surface area contributed by atoms with Crippen LogP contribution in [-0.2, 0) is 19.6 Å². The molecule has 0 saturated carbocycles. The highest BCUT2D eigenvalue weighted by Crippen LogP contribution is 2.18. The second-order valence-corrected chi connectivity index (χ2v) is 7.55. The van der Waals surface area contributed by atoms with Gasteiger partial charge in [0.1, 0.15) is 0 Å². The van der Waals surface area contributed by atoms with Crippen molar-refractivity contribution in [3.05, 3.63) is 66.4 Å². The number of nitrogens with zero attached hydrogens (tertiary/aromatic N) is 1. The Hall–Kier alpha value is -3.30. The number of carbonyl (C=O) groups is 2. The molecule has 1 heterocycles. The Morgan fingerprint density at radius 1 is 1.11 bits per heavy atom. The van der Waals surface area contributed by atoms with Crippen molar-refractivity contribution in [1.29, 1.82) is 0 Å². The lowest BCUT2D eigenvalue weighted by atomic mass is 10.1. The van der Waals surface area contributed by atoms with Crippen LogP contribution >= 0.6 is 0 Å². The van der Waals surface area contributed by atoms with Crippen LogP contribution in [0.2, 0.25) is 0 Å². The number of carbonyl (C=O) groups excluding carboxylic acids is 2.